The molecule has 0 radical (unpaired) electrons. The monoisotopic (exact) mass is 277 g/mol. The van der Waals surface area contributed by atoms with Gasteiger partial charge >= 0.3 is 0 Å². The molecule has 0 aliphatic carbocycles. The molecular formula is C14H19N3OS. The summed E-state index contributed by atoms with van der Waals surface area (Å²) in [6.45, 7) is 6.72. The molecule has 1 N–H and O–H groups in total. The maximum atomic E-state index is 11.3. The summed E-state index contributed by atoms with van der Waals surface area (Å²) in [5, 5.41) is 4.01. The molecule has 1 amide bonds. The van der Waals surface area contributed by atoms with Crippen molar-refractivity contribution in [3.63, 3.8) is 0 Å². The Balaban J connectivity index is 1.92. The van der Waals surface area contributed by atoms with Crippen molar-refractivity contribution < 1.29 is 4.79 Å². The lowest BCUT2D eigenvalue weighted by Gasteiger charge is -2.35. The van der Waals surface area contributed by atoms with Crippen LogP contribution in [0.25, 0.3) is 0 Å². The average Bonchev–Trinajstić information content (AvgIpc) is 2.41. The topological polar surface area (TPSA) is 35.6 Å². The van der Waals surface area contributed by atoms with Gasteiger partial charge in [0.25, 0.3) is 0 Å². The molecule has 1 aromatic carbocycles. The number of hydrogen-bond donors (Lipinski definition) is 1. The van der Waals surface area contributed by atoms with Gasteiger partial charge in [0.2, 0.25) is 5.91 Å². The normalized spacial score (nSPS) is 15.3. The van der Waals surface area contributed by atoms with Gasteiger partial charge in [-0.05, 0) is 30.8 Å². The summed E-state index contributed by atoms with van der Waals surface area (Å²) in [5.41, 5.74) is 2.22. The van der Waals surface area contributed by atoms with E-state index in [2.05, 4.69) is 23.2 Å². The Morgan fingerprint density at radius 2 is 1.74 bits per heavy atom. The molecule has 0 spiro atoms. The van der Waals surface area contributed by atoms with E-state index in [0.29, 0.717) is 0 Å². The standard InChI is InChI=1S/C14H19N3OS/c1-11-5-3-4-6-13(11)15-14(19)17-9-7-16(8-10-17)12(2)18/h3-6H,7-10H2,1-2H3,(H,15,19). The van der Waals surface area contributed by atoms with Crippen LogP contribution < -0.4 is 5.32 Å². The number of nitrogens with one attached hydrogen (secondary N) is 1. The van der Waals surface area contributed by atoms with E-state index in [-0.39, 0.29) is 5.91 Å². The number of thiocarbonyl (C=S) groups is 1. The number of piperazine rings is 1. The van der Waals surface area contributed by atoms with Gasteiger partial charge in [0.1, 0.15) is 0 Å². The van der Waals surface area contributed by atoms with Gasteiger partial charge in [-0.15, -0.1) is 0 Å². The molecular weight excluding hydrogens is 258 g/mol. The molecule has 2 rings (SSSR count). The second-order valence-corrected chi connectivity index (χ2v) is 5.12. The molecule has 5 heteroatoms. The van der Waals surface area contributed by atoms with Crippen LogP contribution in [-0.2, 0) is 4.79 Å². The molecule has 19 heavy (non-hydrogen) atoms. The molecule has 4 nitrogen and oxygen atoms in total. The molecule has 1 aliphatic rings. The van der Waals surface area contributed by atoms with Crippen molar-refractivity contribution >= 4 is 28.9 Å². The van der Waals surface area contributed by atoms with Gasteiger partial charge < -0.3 is 15.1 Å². The number of carbonyl (C=O) groups is 1. The predicted molar refractivity (Wildman–Crippen MR) is 81.2 cm³/mol. The van der Waals surface area contributed by atoms with Crippen molar-refractivity contribution in [1.29, 1.82) is 0 Å². The summed E-state index contributed by atoms with van der Waals surface area (Å²) in [6, 6.07) is 8.08. The highest BCUT2D eigenvalue weighted by Crippen LogP contribution is 2.14. The van der Waals surface area contributed by atoms with Crippen LogP contribution in [0, 0.1) is 6.92 Å². The Bertz CT molecular complexity index is 481. The largest absolute Gasteiger partial charge is 0.345 e. The third kappa shape index (κ3) is 3.44. The van der Waals surface area contributed by atoms with Crippen molar-refractivity contribution in [2.24, 2.45) is 0 Å². The van der Waals surface area contributed by atoms with Crippen LogP contribution in [0.1, 0.15) is 12.5 Å². The number of para-hydroxylation sites is 1. The number of nitrogens with zero attached hydrogens (tertiary/aromatic N) is 2. The van der Waals surface area contributed by atoms with Crippen LogP contribution in [0.2, 0.25) is 0 Å². The highest BCUT2D eigenvalue weighted by atomic mass is 32.1. The van der Waals surface area contributed by atoms with Gasteiger partial charge in [-0.3, -0.25) is 4.79 Å². The minimum atomic E-state index is 0.137. The SMILES string of the molecule is CC(=O)N1CCN(C(=S)Nc2ccccc2C)CC1. The van der Waals surface area contributed by atoms with Gasteiger partial charge in [-0.2, -0.15) is 0 Å². The first-order valence-corrected chi connectivity index (χ1v) is 6.86. The Hall–Kier alpha value is -1.62. The fraction of sp³-hybridized carbons (Fsp3) is 0.429. The zero-order chi connectivity index (χ0) is 13.8. The maximum absolute atomic E-state index is 11.3. The van der Waals surface area contributed by atoms with Gasteiger partial charge in [0, 0.05) is 38.8 Å². The van der Waals surface area contributed by atoms with Crippen LogP contribution in [0.3, 0.4) is 0 Å². The lowest BCUT2D eigenvalue weighted by Crippen LogP contribution is -2.51. The van der Waals surface area contributed by atoms with Crippen molar-refractivity contribution in [2.45, 2.75) is 13.8 Å². The summed E-state index contributed by atoms with van der Waals surface area (Å²) in [6.07, 6.45) is 0. The summed E-state index contributed by atoms with van der Waals surface area (Å²) >= 11 is 5.43. The molecule has 1 saturated heterocycles. The second kappa shape index (κ2) is 6.02. The average molecular weight is 277 g/mol. The number of anilines is 1. The molecule has 1 aliphatic heterocycles. The summed E-state index contributed by atoms with van der Waals surface area (Å²) in [4.78, 5) is 15.2. The second-order valence-electron chi connectivity index (χ2n) is 4.74. The molecule has 0 atom stereocenters. The Kier molecular flexibility index (Phi) is 4.37. The molecule has 0 aromatic heterocycles. The van der Waals surface area contributed by atoms with Crippen molar-refractivity contribution in [3.05, 3.63) is 29.8 Å². The fourth-order valence-corrected chi connectivity index (χ4v) is 2.42. The Labute approximate surface area is 119 Å². The summed E-state index contributed by atoms with van der Waals surface area (Å²) in [5.74, 6) is 0.137. The smallest absolute Gasteiger partial charge is 0.219 e. The highest BCUT2D eigenvalue weighted by Gasteiger charge is 2.20. The molecule has 102 valence electrons. The molecule has 1 aromatic rings. The zero-order valence-electron chi connectivity index (χ0n) is 11.3. The van der Waals surface area contributed by atoms with E-state index in [4.69, 9.17) is 12.2 Å². The molecule has 1 heterocycles. The first kappa shape index (κ1) is 13.8. The number of aryl methyl sites for hydroxylation is 1. The van der Waals surface area contributed by atoms with Crippen LogP contribution in [-0.4, -0.2) is 47.0 Å². The maximum Gasteiger partial charge on any atom is 0.219 e. The van der Waals surface area contributed by atoms with Gasteiger partial charge in [-0.1, -0.05) is 18.2 Å². The minimum absolute atomic E-state index is 0.137. The summed E-state index contributed by atoms with van der Waals surface area (Å²) in [7, 11) is 0. The van der Waals surface area contributed by atoms with Crippen LogP contribution in [0.5, 0.6) is 0 Å². The summed E-state index contributed by atoms with van der Waals surface area (Å²) < 4.78 is 0. The van der Waals surface area contributed by atoms with E-state index in [1.807, 2.05) is 23.1 Å². The quantitative estimate of drug-likeness (QED) is 0.795. The number of benzene rings is 1. The Morgan fingerprint density at radius 3 is 2.32 bits per heavy atom. The number of carbonyl (C=O) groups excluding carboxylic acids is 1. The van der Waals surface area contributed by atoms with E-state index < -0.39 is 0 Å². The van der Waals surface area contributed by atoms with Crippen LogP contribution in [0.15, 0.2) is 24.3 Å². The fourth-order valence-electron chi connectivity index (χ4n) is 2.13. The van der Waals surface area contributed by atoms with E-state index in [1.165, 1.54) is 5.56 Å². The first-order valence-electron chi connectivity index (χ1n) is 6.45. The predicted octanol–water partition coefficient (Wildman–Crippen LogP) is 1.86. The van der Waals surface area contributed by atoms with Gasteiger partial charge in [0.05, 0.1) is 0 Å². The van der Waals surface area contributed by atoms with Gasteiger partial charge in [-0.25, -0.2) is 0 Å². The highest BCUT2D eigenvalue weighted by molar-refractivity contribution is 7.80. The Morgan fingerprint density at radius 1 is 1.16 bits per heavy atom. The van der Waals surface area contributed by atoms with E-state index in [1.54, 1.807) is 6.92 Å². The molecule has 0 unspecified atom stereocenters. The number of rotatable bonds is 1. The van der Waals surface area contributed by atoms with E-state index in [9.17, 15) is 4.79 Å². The first-order chi connectivity index (χ1) is 9.08. The molecule has 0 saturated carbocycles. The lowest BCUT2D eigenvalue weighted by atomic mass is 10.2. The van der Waals surface area contributed by atoms with E-state index >= 15 is 0 Å². The number of hydrogen-bond acceptors (Lipinski definition) is 2. The van der Waals surface area contributed by atoms with Crippen molar-refractivity contribution in [1.82, 2.24) is 9.80 Å². The zero-order valence-corrected chi connectivity index (χ0v) is 12.2. The molecule has 1 fully saturated rings. The number of amides is 1. The third-order valence-corrected chi connectivity index (χ3v) is 3.76. The van der Waals surface area contributed by atoms with Gasteiger partial charge in [0.15, 0.2) is 5.11 Å². The van der Waals surface area contributed by atoms with Crippen LogP contribution >= 0.6 is 12.2 Å². The van der Waals surface area contributed by atoms with E-state index in [0.717, 1.165) is 37.0 Å². The van der Waals surface area contributed by atoms with Crippen molar-refractivity contribution in [2.75, 3.05) is 31.5 Å². The third-order valence-electron chi connectivity index (χ3n) is 3.40. The van der Waals surface area contributed by atoms with Crippen molar-refractivity contribution in [3.8, 4) is 0 Å². The molecule has 0 bridgehead atoms. The minimum Gasteiger partial charge on any atom is -0.345 e. The lowest BCUT2D eigenvalue weighted by molar-refractivity contribution is -0.130. The van der Waals surface area contributed by atoms with Crippen LogP contribution in [0.4, 0.5) is 5.69 Å².